The molecule has 0 fully saturated rings. The zero-order chi connectivity index (χ0) is 8.72. The predicted octanol–water partition coefficient (Wildman–Crippen LogP) is 0.523. The predicted molar refractivity (Wildman–Crippen MR) is 47.1 cm³/mol. The molecule has 0 bridgehead atoms. The quantitative estimate of drug-likeness (QED) is 0.585. The minimum absolute atomic E-state index is 0.328. The van der Waals surface area contributed by atoms with Crippen molar-refractivity contribution in [1.29, 1.82) is 0 Å². The van der Waals surface area contributed by atoms with E-state index in [9.17, 15) is 4.79 Å². The minimum Gasteiger partial charge on any atom is -0.256 e. The lowest BCUT2D eigenvalue weighted by Crippen LogP contribution is -2.23. The fourth-order valence-corrected chi connectivity index (χ4v) is 2.14. The van der Waals surface area contributed by atoms with Gasteiger partial charge in [-0.15, -0.1) is 5.10 Å². The highest BCUT2D eigenvalue weighted by Gasteiger charge is 2.19. The summed E-state index contributed by atoms with van der Waals surface area (Å²) >= 11 is 1.58. The molecule has 5 heteroatoms. The van der Waals surface area contributed by atoms with Gasteiger partial charge in [0, 0.05) is 11.4 Å². The minimum atomic E-state index is -0.328. The Bertz CT molecular complexity index is 410. The fraction of sp³-hybridized carbons (Fsp3) is 0.286. The molecule has 0 saturated heterocycles. The van der Waals surface area contributed by atoms with E-state index in [0.717, 1.165) is 22.2 Å². The average Bonchev–Trinajstić information content (AvgIpc) is 2.42. The molecule has 2 heterocycles. The van der Waals surface area contributed by atoms with Crippen LogP contribution in [0.25, 0.3) is 5.70 Å². The van der Waals surface area contributed by atoms with Gasteiger partial charge >= 0.3 is 5.69 Å². The number of nitrogens with zero attached hydrogens (tertiary/aromatic N) is 3. The van der Waals surface area contributed by atoms with Gasteiger partial charge in [-0.1, -0.05) is 23.4 Å². The summed E-state index contributed by atoms with van der Waals surface area (Å²) in [5.74, 6) is 0.753. The van der Waals surface area contributed by atoms with Crippen LogP contribution in [0.5, 0.6) is 0 Å². The van der Waals surface area contributed by atoms with Gasteiger partial charge in [-0.05, 0) is 6.92 Å². The van der Waals surface area contributed by atoms with Crippen LogP contribution in [0.1, 0.15) is 5.69 Å². The van der Waals surface area contributed by atoms with E-state index < -0.39 is 0 Å². The van der Waals surface area contributed by atoms with Crippen molar-refractivity contribution in [3.05, 3.63) is 22.8 Å². The summed E-state index contributed by atoms with van der Waals surface area (Å²) in [6.07, 6.45) is 0. The SMILES string of the molecule is C=C1CSc2c(C)nnc(=O)n21. The standard InChI is InChI=1S/C7H7N3OS/c1-4-3-12-6-5(2)8-9-7(11)10(4)6/h1,3H2,2H3. The van der Waals surface area contributed by atoms with E-state index in [1.165, 1.54) is 4.57 Å². The summed E-state index contributed by atoms with van der Waals surface area (Å²) in [5.41, 5.74) is 1.25. The molecule has 0 aromatic carbocycles. The van der Waals surface area contributed by atoms with Crippen molar-refractivity contribution in [1.82, 2.24) is 14.8 Å². The largest absolute Gasteiger partial charge is 0.371 e. The summed E-state index contributed by atoms with van der Waals surface area (Å²) in [6.45, 7) is 5.61. The second-order valence-corrected chi connectivity index (χ2v) is 3.53. The Hall–Kier alpha value is -1.10. The first-order valence-electron chi connectivity index (χ1n) is 3.47. The monoisotopic (exact) mass is 181 g/mol. The van der Waals surface area contributed by atoms with E-state index in [1.807, 2.05) is 6.92 Å². The molecule has 1 aromatic rings. The van der Waals surface area contributed by atoms with Crippen molar-refractivity contribution in [3.8, 4) is 0 Å². The number of rotatable bonds is 0. The highest BCUT2D eigenvalue weighted by molar-refractivity contribution is 8.00. The van der Waals surface area contributed by atoms with Crippen LogP contribution >= 0.6 is 11.8 Å². The molecular weight excluding hydrogens is 174 g/mol. The molecule has 2 rings (SSSR count). The second-order valence-electron chi connectivity index (χ2n) is 2.56. The molecule has 4 nitrogen and oxygen atoms in total. The van der Waals surface area contributed by atoms with Crippen LogP contribution in [0.4, 0.5) is 0 Å². The molecule has 12 heavy (non-hydrogen) atoms. The highest BCUT2D eigenvalue weighted by atomic mass is 32.2. The number of hydrogen-bond acceptors (Lipinski definition) is 4. The maximum Gasteiger partial charge on any atom is 0.371 e. The van der Waals surface area contributed by atoms with Crippen LogP contribution in [0.3, 0.4) is 0 Å². The molecule has 0 aliphatic carbocycles. The van der Waals surface area contributed by atoms with Crippen LogP contribution in [0.2, 0.25) is 0 Å². The first kappa shape index (κ1) is 7.54. The first-order valence-corrected chi connectivity index (χ1v) is 4.46. The molecule has 1 aromatic heterocycles. The molecular formula is C7H7N3OS. The van der Waals surface area contributed by atoms with Gasteiger partial charge in [-0.3, -0.25) is 4.57 Å². The number of fused-ring (bicyclic) bond motifs is 1. The van der Waals surface area contributed by atoms with Crippen LogP contribution < -0.4 is 5.69 Å². The summed E-state index contributed by atoms with van der Waals surface area (Å²) in [7, 11) is 0. The van der Waals surface area contributed by atoms with Gasteiger partial charge in [0.15, 0.2) is 0 Å². The Morgan fingerprint density at radius 2 is 2.33 bits per heavy atom. The Labute approximate surface area is 73.3 Å². The maximum atomic E-state index is 11.2. The van der Waals surface area contributed by atoms with Gasteiger partial charge in [0.05, 0.1) is 5.69 Å². The first-order chi connectivity index (χ1) is 5.70. The molecule has 0 spiro atoms. The maximum absolute atomic E-state index is 11.2. The Kier molecular flexibility index (Phi) is 1.54. The summed E-state index contributed by atoms with van der Waals surface area (Å²) in [4.78, 5) is 11.2. The van der Waals surface area contributed by atoms with Gasteiger partial charge in [0.25, 0.3) is 0 Å². The van der Waals surface area contributed by atoms with Gasteiger partial charge in [0.1, 0.15) is 5.03 Å². The average molecular weight is 181 g/mol. The van der Waals surface area contributed by atoms with Crippen LogP contribution in [-0.4, -0.2) is 20.5 Å². The zero-order valence-electron chi connectivity index (χ0n) is 6.57. The van der Waals surface area contributed by atoms with Gasteiger partial charge in [-0.25, -0.2) is 4.79 Å². The molecule has 0 amide bonds. The van der Waals surface area contributed by atoms with Crippen molar-refractivity contribution in [2.45, 2.75) is 11.9 Å². The molecule has 0 N–H and O–H groups in total. The number of hydrogen-bond donors (Lipinski definition) is 0. The third-order valence-electron chi connectivity index (χ3n) is 1.68. The van der Waals surface area contributed by atoms with Gasteiger partial charge in [-0.2, -0.15) is 0 Å². The van der Waals surface area contributed by atoms with Crippen molar-refractivity contribution in [2.24, 2.45) is 0 Å². The lowest BCUT2D eigenvalue weighted by Gasteiger charge is -2.01. The molecule has 0 radical (unpaired) electrons. The van der Waals surface area contributed by atoms with Crippen LogP contribution in [0.15, 0.2) is 16.4 Å². The second kappa shape index (κ2) is 2.45. The van der Waals surface area contributed by atoms with Gasteiger partial charge in [0.2, 0.25) is 0 Å². The normalized spacial score (nSPS) is 14.9. The summed E-state index contributed by atoms with van der Waals surface area (Å²) < 4.78 is 1.52. The van der Waals surface area contributed by atoms with E-state index >= 15 is 0 Å². The van der Waals surface area contributed by atoms with Crippen molar-refractivity contribution in [3.63, 3.8) is 0 Å². The third kappa shape index (κ3) is 0.896. The molecule has 62 valence electrons. The van der Waals surface area contributed by atoms with Crippen molar-refractivity contribution >= 4 is 17.5 Å². The summed E-state index contributed by atoms with van der Waals surface area (Å²) in [6, 6.07) is 0. The number of thioether (sulfide) groups is 1. The van der Waals surface area contributed by atoms with Crippen molar-refractivity contribution in [2.75, 3.05) is 5.75 Å². The molecule has 1 aliphatic heterocycles. The van der Waals surface area contributed by atoms with E-state index in [4.69, 9.17) is 0 Å². The topological polar surface area (TPSA) is 47.8 Å². The zero-order valence-corrected chi connectivity index (χ0v) is 7.39. The fourth-order valence-electron chi connectivity index (χ4n) is 1.12. The Balaban J connectivity index is 2.81. The molecule has 0 saturated carbocycles. The number of aromatic nitrogens is 3. The summed E-state index contributed by atoms with van der Waals surface area (Å²) in [5, 5.41) is 8.10. The van der Waals surface area contributed by atoms with Gasteiger partial charge < -0.3 is 0 Å². The number of aryl methyl sites for hydroxylation is 1. The lowest BCUT2D eigenvalue weighted by molar-refractivity contribution is 0.748. The Morgan fingerprint density at radius 1 is 1.58 bits per heavy atom. The Morgan fingerprint density at radius 3 is 3.00 bits per heavy atom. The molecule has 1 aliphatic rings. The van der Waals surface area contributed by atoms with Crippen LogP contribution in [-0.2, 0) is 0 Å². The highest BCUT2D eigenvalue weighted by Crippen LogP contribution is 2.30. The van der Waals surface area contributed by atoms with E-state index in [1.54, 1.807) is 11.8 Å². The molecule has 0 unspecified atom stereocenters. The van der Waals surface area contributed by atoms with E-state index in [0.29, 0.717) is 0 Å². The van der Waals surface area contributed by atoms with Crippen molar-refractivity contribution < 1.29 is 0 Å². The van der Waals surface area contributed by atoms with E-state index in [-0.39, 0.29) is 5.69 Å². The van der Waals surface area contributed by atoms with E-state index in [2.05, 4.69) is 16.8 Å². The third-order valence-corrected chi connectivity index (χ3v) is 2.91. The smallest absolute Gasteiger partial charge is 0.256 e. The molecule has 0 atom stereocenters. The van der Waals surface area contributed by atoms with Crippen LogP contribution in [0, 0.1) is 6.92 Å². The lowest BCUT2D eigenvalue weighted by atomic mass is 10.5.